The zero-order valence-electron chi connectivity index (χ0n) is 11.7. The number of hydrogen-bond donors (Lipinski definition) is 2. The smallest absolute Gasteiger partial charge is 0.246 e. The van der Waals surface area contributed by atoms with Crippen LogP contribution in [0.25, 0.3) is 0 Å². The van der Waals surface area contributed by atoms with Crippen LogP contribution in [0.3, 0.4) is 0 Å². The maximum atomic E-state index is 12.0. The molecule has 106 valence electrons. The van der Waals surface area contributed by atoms with Crippen LogP contribution in [0.4, 0.5) is 11.4 Å². The fourth-order valence-corrected chi connectivity index (χ4v) is 2.08. The number of halogens is 1. The van der Waals surface area contributed by atoms with Gasteiger partial charge >= 0.3 is 0 Å². The number of aromatic nitrogens is 2. The van der Waals surface area contributed by atoms with Crippen molar-refractivity contribution in [1.82, 2.24) is 9.78 Å². The molecule has 0 aliphatic rings. The van der Waals surface area contributed by atoms with Crippen molar-refractivity contribution in [3.63, 3.8) is 0 Å². The number of nitrogens with two attached hydrogens (primary N) is 1. The standard InChI is InChI=1S/C14H17ClN4O/c1-8-9(2)18-19(10(8)3)7-14(20)17-13-6-11(15)4-5-12(13)16/h4-6H,7,16H2,1-3H3,(H,17,20). The summed E-state index contributed by atoms with van der Waals surface area (Å²) in [6.07, 6.45) is 0. The maximum absolute atomic E-state index is 12.0. The summed E-state index contributed by atoms with van der Waals surface area (Å²) in [7, 11) is 0. The number of amides is 1. The fourth-order valence-electron chi connectivity index (χ4n) is 1.90. The number of nitrogen functional groups attached to an aromatic ring is 1. The Labute approximate surface area is 122 Å². The molecule has 0 saturated heterocycles. The van der Waals surface area contributed by atoms with Gasteiger partial charge in [0, 0.05) is 10.7 Å². The van der Waals surface area contributed by atoms with Gasteiger partial charge < -0.3 is 11.1 Å². The molecule has 2 aromatic rings. The predicted octanol–water partition coefficient (Wildman–Crippen LogP) is 2.68. The number of rotatable bonds is 3. The van der Waals surface area contributed by atoms with E-state index in [1.807, 2.05) is 20.8 Å². The van der Waals surface area contributed by atoms with Crippen molar-refractivity contribution in [3.05, 3.63) is 40.2 Å². The van der Waals surface area contributed by atoms with Gasteiger partial charge in [0.1, 0.15) is 6.54 Å². The minimum atomic E-state index is -0.190. The number of carbonyl (C=O) groups excluding carboxylic acids is 1. The second kappa shape index (κ2) is 5.54. The molecule has 0 bridgehead atoms. The monoisotopic (exact) mass is 292 g/mol. The van der Waals surface area contributed by atoms with E-state index in [9.17, 15) is 4.79 Å². The Bertz CT molecular complexity index is 663. The fraction of sp³-hybridized carbons (Fsp3) is 0.286. The molecule has 0 spiro atoms. The molecule has 2 rings (SSSR count). The maximum Gasteiger partial charge on any atom is 0.246 e. The van der Waals surface area contributed by atoms with E-state index in [2.05, 4.69) is 10.4 Å². The van der Waals surface area contributed by atoms with E-state index in [0.717, 1.165) is 17.0 Å². The summed E-state index contributed by atoms with van der Waals surface area (Å²) in [4.78, 5) is 12.0. The molecule has 20 heavy (non-hydrogen) atoms. The Morgan fingerprint density at radius 1 is 1.40 bits per heavy atom. The third-order valence-corrected chi connectivity index (χ3v) is 3.56. The van der Waals surface area contributed by atoms with Crippen LogP contribution >= 0.6 is 11.6 Å². The van der Waals surface area contributed by atoms with E-state index in [-0.39, 0.29) is 12.5 Å². The van der Waals surface area contributed by atoms with E-state index in [1.54, 1.807) is 22.9 Å². The van der Waals surface area contributed by atoms with Crippen LogP contribution in [0.2, 0.25) is 5.02 Å². The van der Waals surface area contributed by atoms with E-state index < -0.39 is 0 Å². The number of carbonyl (C=O) groups is 1. The molecule has 5 nitrogen and oxygen atoms in total. The Kier molecular flexibility index (Phi) is 3.99. The summed E-state index contributed by atoms with van der Waals surface area (Å²) in [5.74, 6) is -0.190. The van der Waals surface area contributed by atoms with Crippen molar-refractivity contribution in [2.45, 2.75) is 27.3 Å². The normalized spacial score (nSPS) is 10.6. The van der Waals surface area contributed by atoms with E-state index in [0.29, 0.717) is 16.4 Å². The molecule has 1 aromatic carbocycles. The summed E-state index contributed by atoms with van der Waals surface area (Å²) in [6, 6.07) is 4.96. The van der Waals surface area contributed by atoms with Crippen LogP contribution < -0.4 is 11.1 Å². The van der Waals surface area contributed by atoms with Gasteiger partial charge in [0.2, 0.25) is 5.91 Å². The molecule has 3 N–H and O–H groups in total. The number of nitrogens with one attached hydrogen (secondary N) is 1. The van der Waals surface area contributed by atoms with Crippen molar-refractivity contribution in [1.29, 1.82) is 0 Å². The second-order valence-corrected chi connectivity index (χ2v) is 5.17. The van der Waals surface area contributed by atoms with Crippen LogP contribution in [-0.2, 0) is 11.3 Å². The van der Waals surface area contributed by atoms with Crippen molar-refractivity contribution in [2.75, 3.05) is 11.1 Å². The molecule has 1 heterocycles. The van der Waals surface area contributed by atoms with Gasteiger partial charge in [0.25, 0.3) is 0 Å². The minimum absolute atomic E-state index is 0.145. The molecule has 0 radical (unpaired) electrons. The number of hydrogen-bond acceptors (Lipinski definition) is 3. The topological polar surface area (TPSA) is 72.9 Å². The highest BCUT2D eigenvalue weighted by Crippen LogP contribution is 2.23. The van der Waals surface area contributed by atoms with Gasteiger partial charge in [-0.15, -0.1) is 0 Å². The lowest BCUT2D eigenvalue weighted by Crippen LogP contribution is -2.21. The Morgan fingerprint density at radius 3 is 2.70 bits per heavy atom. The summed E-state index contributed by atoms with van der Waals surface area (Å²) in [5.41, 5.74) is 9.80. The van der Waals surface area contributed by atoms with Crippen molar-refractivity contribution >= 4 is 28.9 Å². The Hall–Kier alpha value is -2.01. The summed E-state index contributed by atoms with van der Waals surface area (Å²) < 4.78 is 1.68. The first-order valence-electron chi connectivity index (χ1n) is 6.24. The second-order valence-electron chi connectivity index (χ2n) is 4.73. The van der Waals surface area contributed by atoms with E-state index in [4.69, 9.17) is 17.3 Å². The highest BCUT2D eigenvalue weighted by Gasteiger charge is 2.12. The quantitative estimate of drug-likeness (QED) is 0.854. The minimum Gasteiger partial charge on any atom is -0.397 e. The number of aryl methyl sites for hydroxylation is 1. The van der Waals surface area contributed by atoms with Gasteiger partial charge in [0.15, 0.2) is 0 Å². The third kappa shape index (κ3) is 2.93. The lowest BCUT2D eigenvalue weighted by molar-refractivity contribution is -0.116. The molecule has 0 aliphatic heterocycles. The van der Waals surface area contributed by atoms with Crippen LogP contribution in [-0.4, -0.2) is 15.7 Å². The van der Waals surface area contributed by atoms with Gasteiger partial charge in [-0.25, -0.2) is 0 Å². The summed E-state index contributed by atoms with van der Waals surface area (Å²) >= 11 is 5.89. The zero-order valence-corrected chi connectivity index (χ0v) is 12.5. The molecule has 1 aromatic heterocycles. The van der Waals surface area contributed by atoms with Crippen LogP contribution in [0, 0.1) is 20.8 Å². The highest BCUT2D eigenvalue weighted by molar-refractivity contribution is 6.31. The Balaban J connectivity index is 2.13. The van der Waals surface area contributed by atoms with Crippen LogP contribution in [0.1, 0.15) is 17.0 Å². The van der Waals surface area contributed by atoms with Crippen molar-refractivity contribution < 1.29 is 4.79 Å². The average Bonchev–Trinajstić information content (AvgIpc) is 2.61. The molecule has 0 atom stereocenters. The van der Waals surface area contributed by atoms with E-state index >= 15 is 0 Å². The van der Waals surface area contributed by atoms with Gasteiger partial charge in [0.05, 0.1) is 17.1 Å². The van der Waals surface area contributed by atoms with Crippen molar-refractivity contribution in [2.24, 2.45) is 0 Å². The number of benzene rings is 1. The molecule has 0 saturated carbocycles. The molecular weight excluding hydrogens is 276 g/mol. The van der Waals surface area contributed by atoms with Crippen molar-refractivity contribution in [3.8, 4) is 0 Å². The number of anilines is 2. The van der Waals surface area contributed by atoms with Crippen LogP contribution in [0.5, 0.6) is 0 Å². The number of nitrogens with zero attached hydrogens (tertiary/aromatic N) is 2. The predicted molar refractivity (Wildman–Crippen MR) is 80.9 cm³/mol. The molecule has 6 heteroatoms. The first kappa shape index (κ1) is 14.4. The van der Waals surface area contributed by atoms with Gasteiger partial charge in [-0.2, -0.15) is 5.10 Å². The lowest BCUT2D eigenvalue weighted by atomic mass is 10.2. The van der Waals surface area contributed by atoms with E-state index in [1.165, 1.54) is 0 Å². The third-order valence-electron chi connectivity index (χ3n) is 3.33. The summed E-state index contributed by atoms with van der Waals surface area (Å²) in [5, 5.41) is 7.60. The average molecular weight is 293 g/mol. The molecular formula is C14H17ClN4O. The Morgan fingerprint density at radius 2 is 2.10 bits per heavy atom. The van der Waals surface area contributed by atoms with Gasteiger partial charge in [-0.1, -0.05) is 11.6 Å². The molecule has 0 aliphatic carbocycles. The first-order chi connectivity index (χ1) is 9.38. The zero-order chi connectivity index (χ0) is 14.9. The largest absolute Gasteiger partial charge is 0.397 e. The molecule has 1 amide bonds. The van der Waals surface area contributed by atoms with Gasteiger partial charge in [-0.05, 0) is 44.5 Å². The lowest BCUT2D eigenvalue weighted by Gasteiger charge is -2.09. The first-order valence-corrected chi connectivity index (χ1v) is 6.61. The summed E-state index contributed by atoms with van der Waals surface area (Å²) in [6.45, 7) is 6.00. The molecule has 0 fully saturated rings. The molecule has 0 unspecified atom stereocenters. The van der Waals surface area contributed by atoms with Crippen LogP contribution in [0.15, 0.2) is 18.2 Å². The van der Waals surface area contributed by atoms with Gasteiger partial charge in [-0.3, -0.25) is 9.48 Å². The highest BCUT2D eigenvalue weighted by atomic mass is 35.5. The SMILES string of the molecule is Cc1nn(CC(=O)Nc2cc(Cl)ccc2N)c(C)c1C.